The van der Waals surface area contributed by atoms with Gasteiger partial charge in [0.15, 0.2) is 0 Å². The van der Waals surface area contributed by atoms with Gasteiger partial charge >= 0.3 is 18.3 Å². The third-order valence-corrected chi connectivity index (χ3v) is 9.78. The summed E-state index contributed by atoms with van der Waals surface area (Å²) in [6, 6.07) is 17.0. The highest BCUT2D eigenvalue weighted by Crippen LogP contribution is 2.47. The van der Waals surface area contributed by atoms with Gasteiger partial charge in [0.2, 0.25) is 5.91 Å². The van der Waals surface area contributed by atoms with Crippen LogP contribution in [0.4, 0.5) is 26.3 Å². The van der Waals surface area contributed by atoms with Crippen LogP contribution in [0.5, 0.6) is 0 Å². The summed E-state index contributed by atoms with van der Waals surface area (Å²) in [4.78, 5) is 33.5. The molecule has 1 amide bonds. The number of hydrogen-bond acceptors (Lipinski definition) is 6. The number of nitrogens with zero attached hydrogens (tertiary/aromatic N) is 3. The first kappa shape index (κ1) is 35.6. The Morgan fingerprint density at radius 2 is 1.44 bits per heavy atom. The van der Waals surface area contributed by atoms with Crippen molar-refractivity contribution in [2.24, 2.45) is 5.41 Å². The summed E-state index contributed by atoms with van der Waals surface area (Å²) in [5.74, 6) is -3.10. The lowest BCUT2D eigenvalue weighted by molar-refractivity contribution is -0.236. The summed E-state index contributed by atoms with van der Waals surface area (Å²) < 4.78 is 87.3. The molecule has 2 aliphatic rings. The number of benzene rings is 3. The highest BCUT2D eigenvalue weighted by atomic mass is 19.4. The smallest absolute Gasteiger partial charge is 0.403 e. The van der Waals surface area contributed by atoms with Gasteiger partial charge in [-0.3, -0.25) is 19.6 Å². The molecule has 0 spiro atoms. The average Bonchev–Trinajstić information content (AvgIpc) is 3.07. The van der Waals surface area contributed by atoms with Crippen LogP contribution < -0.4 is 5.32 Å². The number of ether oxygens (including phenoxy) is 1. The fourth-order valence-corrected chi connectivity index (χ4v) is 7.09. The minimum atomic E-state index is -5.10. The molecule has 0 saturated carbocycles. The van der Waals surface area contributed by atoms with Crippen LogP contribution in [-0.4, -0.2) is 96.1 Å². The number of nitrogens with one attached hydrogen (secondary N) is 1. The highest BCUT2D eigenvalue weighted by molar-refractivity contribution is 6.05. The number of piperidine rings is 1. The second-order valence-corrected chi connectivity index (χ2v) is 12.9. The van der Waals surface area contributed by atoms with Gasteiger partial charge < -0.3 is 15.2 Å². The molecule has 50 heavy (non-hydrogen) atoms. The molecule has 2 fully saturated rings. The Hall–Kier alpha value is -4.27. The number of carboxylic acid groups (broad SMARTS) is 1. The van der Waals surface area contributed by atoms with Gasteiger partial charge in [0.05, 0.1) is 25.5 Å². The lowest BCUT2D eigenvalue weighted by atomic mass is 9.76. The van der Waals surface area contributed by atoms with Crippen molar-refractivity contribution >= 4 is 33.4 Å². The number of halogens is 6. The monoisotopic (exact) mass is 702 g/mol. The van der Waals surface area contributed by atoms with Crippen molar-refractivity contribution in [3.05, 3.63) is 78.0 Å². The van der Waals surface area contributed by atoms with Crippen LogP contribution in [0, 0.1) is 5.41 Å². The summed E-state index contributed by atoms with van der Waals surface area (Å²) in [6.45, 7) is 1.12. The fourth-order valence-electron chi connectivity index (χ4n) is 7.09. The largest absolute Gasteiger partial charge is 0.480 e. The van der Waals surface area contributed by atoms with Crippen molar-refractivity contribution < 1.29 is 45.8 Å². The number of amides is 1. The van der Waals surface area contributed by atoms with Crippen LogP contribution in [0.15, 0.2) is 66.9 Å². The summed E-state index contributed by atoms with van der Waals surface area (Å²) >= 11 is 0. The summed E-state index contributed by atoms with van der Waals surface area (Å²) in [5, 5.41) is 15.5. The maximum atomic E-state index is 14.4. The van der Waals surface area contributed by atoms with Crippen LogP contribution in [-0.2, 0) is 27.3 Å². The molecule has 266 valence electrons. The van der Waals surface area contributed by atoms with E-state index in [1.54, 1.807) is 30.5 Å². The zero-order valence-corrected chi connectivity index (χ0v) is 27.0. The third-order valence-electron chi connectivity index (χ3n) is 9.78. The molecule has 1 aromatic heterocycles. The maximum absolute atomic E-state index is 14.4. The molecular formula is C36H36F6N4O4. The highest BCUT2D eigenvalue weighted by Gasteiger charge is 2.61. The standard InChI is InChI=1S/C36H36F6N4O4/c37-35(38,39)22-46-14-11-34(12-15-46,36(40,41)42)33(49)44-30(32(47)48)20-23-4-1-7-27-25(23)6-3-9-29(27)31-28-8-2-5-24(26(28)10-13-43-31)21-45-16-18-50-19-17-45/h1-10,13,30H,11-12,14-22H2,(H,44,49)(H,47,48)/t30-/m0/s1. The Balaban J connectivity index is 1.28. The van der Waals surface area contributed by atoms with Gasteiger partial charge in [0.25, 0.3) is 0 Å². The molecular weight excluding hydrogens is 666 g/mol. The zero-order chi connectivity index (χ0) is 35.7. The number of fused-ring (bicyclic) bond motifs is 2. The van der Waals surface area contributed by atoms with Gasteiger partial charge in [0.1, 0.15) is 11.5 Å². The number of likely N-dealkylation sites (tertiary alicyclic amines) is 1. The van der Waals surface area contributed by atoms with Gasteiger partial charge in [0, 0.05) is 43.2 Å². The van der Waals surface area contributed by atoms with Crippen LogP contribution in [0.2, 0.25) is 0 Å². The second-order valence-electron chi connectivity index (χ2n) is 12.9. The van der Waals surface area contributed by atoms with Crippen molar-refractivity contribution in [1.82, 2.24) is 20.1 Å². The quantitative estimate of drug-likeness (QED) is 0.201. The molecule has 0 bridgehead atoms. The van der Waals surface area contributed by atoms with Crippen LogP contribution in [0.25, 0.3) is 32.8 Å². The van der Waals surface area contributed by atoms with Crippen LogP contribution in [0.1, 0.15) is 24.0 Å². The van der Waals surface area contributed by atoms with Gasteiger partial charge in [-0.05, 0) is 59.3 Å². The van der Waals surface area contributed by atoms with Crippen molar-refractivity contribution in [2.45, 2.75) is 44.2 Å². The number of carbonyl (C=O) groups excluding carboxylic acids is 1. The Labute approximate surface area is 284 Å². The number of pyridine rings is 1. The van der Waals surface area contributed by atoms with Gasteiger partial charge in [-0.2, -0.15) is 26.3 Å². The van der Waals surface area contributed by atoms with E-state index in [0.717, 1.165) is 51.8 Å². The first-order valence-electron chi connectivity index (χ1n) is 16.3. The number of aliphatic carboxylic acids is 1. The van der Waals surface area contributed by atoms with E-state index in [1.165, 1.54) is 0 Å². The minimum absolute atomic E-state index is 0.331. The minimum Gasteiger partial charge on any atom is -0.480 e. The molecule has 8 nitrogen and oxygen atoms in total. The number of morpholine rings is 1. The molecule has 3 heterocycles. The van der Waals surface area contributed by atoms with Crippen LogP contribution >= 0.6 is 0 Å². The molecule has 0 unspecified atom stereocenters. The third kappa shape index (κ3) is 7.42. The SMILES string of the molecule is O=C(O)[C@H](Cc1cccc2c(-c3nccc4c(CN5CCOCC5)cccc34)cccc12)NC(=O)C1(C(F)(F)F)CCN(CC(F)(F)F)CC1. The topological polar surface area (TPSA) is 95.0 Å². The molecule has 14 heteroatoms. The van der Waals surface area contributed by atoms with E-state index < -0.39 is 68.2 Å². The van der Waals surface area contributed by atoms with Crippen molar-refractivity contribution in [3.63, 3.8) is 0 Å². The molecule has 3 aromatic carbocycles. The Morgan fingerprint density at radius 1 is 0.820 bits per heavy atom. The molecule has 4 aromatic rings. The fraction of sp³-hybridized carbons (Fsp3) is 0.417. The predicted octanol–water partition coefficient (Wildman–Crippen LogP) is 6.21. The molecule has 2 N–H and O–H groups in total. The van der Waals surface area contributed by atoms with Crippen molar-refractivity contribution in [2.75, 3.05) is 45.9 Å². The van der Waals surface area contributed by atoms with E-state index in [9.17, 15) is 41.0 Å². The second kappa shape index (κ2) is 14.2. The van der Waals surface area contributed by atoms with E-state index in [2.05, 4.69) is 16.3 Å². The van der Waals surface area contributed by atoms with Crippen molar-refractivity contribution in [3.8, 4) is 11.3 Å². The van der Waals surface area contributed by atoms with Gasteiger partial charge in [-0.25, -0.2) is 4.79 Å². The van der Waals surface area contributed by atoms with E-state index in [4.69, 9.17) is 9.72 Å². The predicted molar refractivity (Wildman–Crippen MR) is 174 cm³/mol. The molecule has 2 saturated heterocycles. The number of carboxylic acids is 1. The first-order valence-corrected chi connectivity index (χ1v) is 16.3. The number of carbonyl (C=O) groups is 2. The Bertz CT molecular complexity index is 1870. The molecule has 1 atom stereocenters. The Kier molecular flexibility index (Phi) is 10.1. The number of rotatable bonds is 9. The zero-order valence-electron chi connectivity index (χ0n) is 27.0. The average molecular weight is 703 g/mol. The number of aromatic nitrogens is 1. The van der Waals surface area contributed by atoms with Gasteiger partial charge in [-0.1, -0.05) is 54.6 Å². The summed E-state index contributed by atoms with van der Waals surface area (Å²) in [5.41, 5.74) is 0.0789. The van der Waals surface area contributed by atoms with Crippen molar-refractivity contribution in [1.29, 1.82) is 0 Å². The summed E-state index contributed by atoms with van der Waals surface area (Å²) in [7, 11) is 0. The maximum Gasteiger partial charge on any atom is 0.403 e. The number of alkyl halides is 6. The van der Waals surface area contributed by atoms with Gasteiger partial charge in [-0.15, -0.1) is 0 Å². The molecule has 0 radical (unpaired) electrons. The lowest BCUT2D eigenvalue weighted by Gasteiger charge is -2.42. The van der Waals surface area contributed by atoms with E-state index >= 15 is 0 Å². The van der Waals surface area contributed by atoms with E-state index in [1.807, 2.05) is 30.3 Å². The van der Waals surface area contributed by atoms with E-state index in [-0.39, 0.29) is 6.42 Å². The van der Waals surface area contributed by atoms with E-state index in [0.29, 0.717) is 29.9 Å². The Morgan fingerprint density at radius 3 is 2.10 bits per heavy atom. The summed E-state index contributed by atoms with van der Waals surface area (Å²) in [6.07, 6.45) is -10.1. The normalized spacial score (nSPS) is 18.3. The molecule has 0 aliphatic carbocycles. The first-order chi connectivity index (χ1) is 23.8. The molecule has 6 rings (SSSR count). The lowest BCUT2D eigenvalue weighted by Crippen LogP contribution is -2.59. The molecule has 2 aliphatic heterocycles. The number of hydrogen-bond donors (Lipinski definition) is 2. The van der Waals surface area contributed by atoms with Crippen LogP contribution in [0.3, 0.4) is 0 Å².